The summed E-state index contributed by atoms with van der Waals surface area (Å²) in [5, 5.41) is 3.92. The van der Waals surface area contributed by atoms with Crippen molar-refractivity contribution in [3.63, 3.8) is 0 Å². The van der Waals surface area contributed by atoms with Gasteiger partial charge in [-0.05, 0) is 50.9 Å². The van der Waals surface area contributed by atoms with Gasteiger partial charge in [0.15, 0.2) is 0 Å². The Balaban J connectivity index is 1.83. The molecule has 1 aliphatic carbocycles. The zero-order chi connectivity index (χ0) is 16.7. The van der Waals surface area contributed by atoms with Gasteiger partial charge in [0.25, 0.3) is 0 Å². The summed E-state index contributed by atoms with van der Waals surface area (Å²) in [4.78, 5) is 2.86. The van der Waals surface area contributed by atoms with Crippen LogP contribution in [0.4, 0.5) is 0 Å². The number of nitrogens with one attached hydrogen (secondary N) is 1. The van der Waals surface area contributed by atoms with Gasteiger partial charge in [0, 0.05) is 18.1 Å². The molecular weight excluding hydrogens is 283 g/mol. The number of nitrogens with zero attached hydrogens (tertiary/aromatic N) is 1. The minimum absolute atomic E-state index is 0.306. The number of hydrogen-bond acceptors (Lipinski definition) is 3. The van der Waals surface area contributed by atoms with Crippen LogP contribution in [0, 0.1) is 5.92 Å². The van der Waals surface area contributed by atoms with Crippen LogP contribution in [0.25, 0.3) is 0 Å². The number of likely N-dealkylation sites (tertiary alicyclic amines) is 1. The van der Waals surface area contributed by atoms with Crippen LogP contribution in [0.1, 0.15) is 72.6 Å². The van der Waals surface area contributed by atoms with E-state index in [0.29, 0.717) is 23.1 Å². The van der Waals surface area contributed by atoms with E-state index in [1.165, 1.54) is 44.9 Å². The molecule has 0 bridgehead atoms. The first kappa shape index (κ1) is 17.8. The monoisotopic (exact) mass is 320 g/mol. The van der Waals surface area contributed by atoms with E-state index in [1.54, 1.807) is 0 Å². The van der Waals surface area contributed by atoms with Gasteiger partial charge in [0.1, 0.15) is 7.85 Å². The van der Waals surface area contributed by atoms with Crippen molar-refractivity contribution >= 4 is 7.85 Å². The van der Waals surface area contributed by atoms with Crippen molar-refractivity contribution in [3.8, 4) is 0 Å². The maximum absolute atomic E-state index is 5.69. The van der Waals surface area contributed by atoms with Crippen LogP contribution in [-0.4, -0.2) is 55.1 Å². The Morgan fingerprint density at radius 1 is 1.09 bits per heavy atom. The van der Waals surface area contributed by atoms with Gasteiger partial charge in [0.2, 0.25) is 0 Å². The SMILES string of the molecule is BC1(NC(C)C)CCCCCC2C(C1)CC1(COC1)N2C(C)C. The normalized spacial score (nSPS) is 38.2. The lowest BCUT2D eigenvalue weighted by Gasteiger charge is -2.49. The Hall–Kier alpha value is -0.0551. The summed E-state index contributed by atoms with van der Waals surface area (Å²) in [6, 6.07) is 1.98. The molecule has 0 radical (unpaired) electrons. The summed E-state index contributed by atoms with van der Waals surface area (Å²) in [5.41, 5.74) is 0.668. The molecule has 3 atom stereocenters. The summed E-state index contributed by atoms with van der Waals surface area (Å²) in [6.45, 7) is 11.3. The van der Waals surface area contributed by atoms with E-state index in [9.17, 15) is 0 Å². The number of fused-ring (bicyclic) bond motifs is 1. The highest BCUT2D eigenvalue weighted by molar-refractivity contribution is 6.15. The summed E-state index contributed by atoms with van der Waals surface area (Å²) >= 11 is 0. The number of rotatable bonds is 3. The molecule has 132 valence electrons. The fourth-order valence-electron chi connectivity index (χ4n) is 5.98. The van der Waals surface area contributed by atoms with Crippen molar-refractivity contribution in [2.45, 2.75) is 102 Å². The Morgan fingerprint density at radius 2 is 1.83 bits per heavy atom. The van der Waals surface area contributed by atoms with E-state index in [2.05, 4.69) is 45.8 Å². The van der Waals surface area contributed by atoms with Crippen LogP contribution in [0.15, 0.2) is 0 Å². The zero-order valence-electron chi connectivity index (χ0n) is 16.0. The Morgan fingerprint density at radius 3 is 2.39 bits per heavy atom. The molecule has 0 amide bonds. The second-order valence-corrected chi connectivity index (χ2v) is 9.41. The summed E-state index contributed by atoms with van der Waals surface area (Å²) in [6.07, 6.45) is 9.59. The molecule has 0 aromatic rings. The van der Waals surface area contributed by atoms with Crippen molar-refractivity contribution in [3.05, 3.63) is 0 Å². The molecule has 0 aromatic carbocycles. The number of ether oxygens (including phenoxy) is 1. The Kier molecular flexibility index (Phi) is 5.16. The second kappa shape index (κ2) is 6.69. The fourth-order valence-corrected chi connectivity index (χ4v) is 5.98. The predicted molar refractivity (Wildman–Crippen MR) is 99.7 cm³/mol. The van der Waals surface area contributed by atoms with Gasteiger partial charge in [-0.3, -0.25) is 4.90 Å². The molecule has 4 heteroatoms. The largest absolute Gasteiger partial charge is 0.377 e. The minimum atomic E-state index is 0.306. The van der Waals surface area contributed by atoms with E-state index in [4.69, 9.17) is 4.74 Å². The molecule has 1 spiro atoms. The highest BCUT2D eigenvalue weighted by Gasteiger charge is 2.56. The predicted octanol–water partition coefficient (Wildman–Crippen LogP) is 2.54. The zero-order valence-corrected chi connectivity index (χ0v) is 16.0. The molecule has 3 rings (SSSR count). The minimum Gasteiger partial charge on any atom is -0.377 e. The molecule has 2 aliphatic heterocycles. The lowest BCUT2D eigenvalue weighted by molar-refractivity contribution is -0.141. The first-order valence-corrected chi connectivity index (χ1v) is 9.99. The maximum Gasteiger partial charge on any atom is 0.127 e. The van der Waals surface area contributed by atoms with Crippen molar-refractivity contribution in [2.75, 3.05) is 13.2 Å². The quantitative estimate of drug-likeness (QED) is 0.809. The van der Waals surface area contributed by atoms with E-state index in [0.717, 1.165) is 25.2 Å². The molecular formula is C19H37BN2O. The molecule has 1 N–H and O–H groups in total. The van der Waals surface area contributed by atoms with Gasteiger partial charge in [0.05, 0.1) is 18.8 Å². The Labute approximate surface area is 144 Å². The number of hydrogen-bond donors (Lipinski definition) is 1. The van der Waals surface area contributed by atoms with Crippen molar-refractivity contribution in [2.24, 2.45) is 5.92 Å². The molecule has 3 aliphatic rings. The highest BCUT2D eigenvalue weighted by Crippen LogP contribution is 2.48. The van der Waals surface area contributed by atoms with Gasteiger partial charge in [-0.1, -0.05) is 33.1 Å². The molecule has 0 aromatic heterocycles. The third-order valence-electron chi connectivity index (χ3n) is 6.47. The van der Waals surface area contributed by atoms with Crippen LogP contribution >= 0.6 is 0 Å². The molecule has 3 unspecified atom stereocenters. The smallest absolute Gasteiger partial charge is 0.127 e. The molecule has 2 heterocycles. The van der Waals surface area contributed by atoms with E-state index >= 15 is 0 Å². The third-order valence-corrected chi connectivity index (χ3v) is 6.47. The lowest BCUT2D eigenvalue weighted by Crippen LogP contribution is -2.62. The van der Waals surface area contributed by atoms with Crippen LogP contribution in [0.2, 0.25) is 0 Å². The molecule has 23 heavy (non-hydrogen) atoms. The maximum atomic E-state index is 5.69. The van der Waals surface area contributed by atoms with Crippen molar-refractivity contribution < 1.29 is 4.74 Å². The third kappa shape index (κ3) is 3.50. The van der Waals surface area contributed by atoms with Crippen LogP contribution < -0.4 is 5.32 Å². The topological polar surface area (TPSA) is 24.5 Å². The second-order valence-electron chi connectivity index (χ2n) is 9.41. The van der Waals surface area contributed by atoms with Gasteiger partial charge < -0.3 is 10.1 Å². The van der Waals surface area contributed by atoms with Gasteiger partial charge in [-0.25, -0.2) is 0 Å². The van der Waals surface area contributed by atoms with Crippen molar-refractivity contribution in [1.82, 2.24) is 10.2 Å². The molecule has 3 nitrogen and oxygen atoms in total. The van der Waals surface area contributed by atoms with Crippen LogP contribution in [0.5, 0.6) is 0 Å². The van der Waals surface area contributed by atoms with Gasteiger partial charge >= 0.3 is 0 Å². The first-order chi connectivity index (χ1) is 10.9. The fraction of sp³-hybridized carbons (Fsp3) is 1.00. The molecule has 1 saturated carbocycles. The van der Waals surface area contributed by atoms with E-state index in [1.807, 2.05) is 0 Å². The Bertz CT molecular complexity index is 410. The van der Waals surface area contributed by atoms with Crippen molar-refractivity contribution in [1.29, 1.82) is 0 Å². The van der Waals surface area contributed by atoms with Gasteiger partial charge in [-0.15, -0.1) is 0 Å². The average Bonchev–Trinajstić information content (AvgIpc) is 2.73. The van der Waals surface area contributed by atoms with E-state index < -0.39 is 0 Å². The molecule has 2 saturated heterocycles. The van der Waals surface area contributed by atoms with Crippen LogP contribution in [0.3, 0.4) is 0 Å². The summed E-state index contributed by atoms with van der Waals surface area (Å²) in [7, 11) is 2.48. The average molecular weight is 320 g/mol. The van der Waals surface area contributed by atoms with Gasteiger partial charge in [-0.2, -0.15) is 0 Å². The molecule has 3 fully saturated rings. The lowest BCUT2D eigenvalue weighted by atomic mass is 9.66. The van der Waals surface area contributed by atoms with Crippen LogP contribution in [-0.2, 0) is 4.74 Å². The summed E-state index contributed by atoms with van der Waals surface area (Å²) in [5.74, 6) is 0.829. The summed E-state index contributed by atoms with van der Waals surface area (Å²) < 4.78 is 5.69. The first-order valence-electron chi connectivity index (χ1n) is 9.99. The standard InChI is InChI=1S/C19H37BN2O/c1-14(2)21-19(20)9-7-5-6-8-17-16(11-19)10-18(12-23-13-18)22(17)15(3)4/h14-17,21H,5-13,20H2,1-4H3. The highest BCUT2D eigenvalue weighted by atomic mass is 16.5. The van der Waals surface area contributed by atoms with E-state index in [-0.39, 0.29) is 0 Å².